The van der Waals surface area contributed by atoms with Gasteiger partial charge in [-0.2, -0.15) is 0 Å². The number of hydrogen-bond donors (Lipinski definition) is 0. The maximum absolute atomic E-state index is 13.9. The van der Waals surface area contributed by atoms with Gasteiger partial charge in [-0.15, -0.1) is 0 Å². The van der Waals surface area contributed by atoms with Crippen molar-refractivity contribution in [1.29, 1.82) is 0 Å². The van der Waals surface area contributed by atoms with Gasteiger partial charge in [0.2, 0.25) is 0 Å². The van der Waals surface area contributed by atoms with E-state index in [0.29, 0.717) is 45.3 Å². The van der Waals surface area contributed by atoms with E-state index in [1.54, 1.807) is 31.6 Å². The molecule has 37 heavy (non-hydrogen) atoms. The van der Waals surface area contributed by atoms with E-state index in [-0.39, 0.29) is 17.7 Å². The molecule has 1 atom stereocenters. The van der Waals surface area contributed by atoms with Crippen LogP contribution in [0.5, 0.6) is 17.2 Å². The number of thiazole rings is 1. The molecule has 0 N–H and O–H groups in total. The standard InChI is InChI=1S/C28H30N2O6S/c1-6-34-19-12-9-11-18(15-19)16-22-26(31)30-24(20-13-10-14-21(33-5)25(20)35-7-2)23(27(32)36-8-3)17(4)29-28(30)37-22/h9-16,24H,6-8H2,1-5H3/b22-16+/t24-/m0/s1. The Bertz CT molecular complexity index is 1520. The lowest BCUT2D eigenvalue weighted by Crippen LogP contribution is -2.40. The highest BCUT2D eigenvalue weighted by molar-refractivity contribution is 7.07. The molecule has 8 nitrogen and oxygen atoms in total. The van der Waals surface area contributed by atoms with Crippen LogP contribution in [-0.2, 0) is 9.53 Å². The van der Waals surface area contributed by atoms with Crippen molar-refractivity contribution in [1.82, 2.24) is 4.57 Å². The van der Waals surface area contributed by atoms with E-state index in [4.69, 9.17) is 18.9 Å². The van der Waals surface area contributed by atoms with Crippen molar-refractivity contribution in [2.24, 2.45) is 4.99 Å². The summed E-state index contributed by atoms with van der Waals surface area (Å²) in [5, 5.41) is 0. The molecule has 1 aromatic heterocycles. The van der Waals surface area contributed by atoms with Crippen LogP contribution in [0.3, 0.4) is 0 Å². The van der Waals surface area contributed by atoms with Crippen molar-refractivity contribution in [3.05, 3.63) is 84.5 Å². The largest absolute Gasteiger partial charge is 0.494 e. The minimum atomic E-state index is -0.802. The smallest absolute Gasteiger partial charge is 0.338 e. The SMILES string of the molecule is CCOC(=O)C1=C(C)N=c2s/c(=C/c3cccc(OCC)c3)c(=O)n2[C@H]1c1cccc(OC)c1OCC. The second-order valence-electron chi connectivity index (χ2n) is 8.12. The van der Waals surface area contributed by atoms with Gasteiger partial charge in [0.15, 0.2) is 16.3 Å². The van der Waals surface area contributed by atoms with E-state index in [0.717, 1.165) is 11.3 Å². The van der Waals surface area contributed by atoms with Crippen molar-refractivity contribution in [2.45, 2.75) is 33.7 Å². The minimum absolute atomic E-state index is 0.194. The fourth-order valence-electron chi connectivity index (χ4n) is 4.31. The lowest BCUT2D eigenvalue weighted by atomic mass is 9.94. The van der Waals surface area contributed by atoms with Gasteiger partial charge in [0, 0.05) is 5.56 Å². The van der Waals surface area contributed by atoms with Crippen LogP contribution in [0.15, 0.2) is 63.5 Å². The van der Waals surface area contributed by atoms with Gasteiger partial charge in [-0.05, 0) is 57.5 Å². The number of methoxy groups -OCH3 is 1. The van der Waals surface area contributed by atoms with Gasteiger partial charge in [-0.3, -0.25) is 9.36 Å². The predicted molar refractivity (Wildman–Crippen MR) is 142 cm³/mol. The molecule has 0 saturated heterocycles. The highest BCUT2D eigenvalue weighted by atomic mass is 32.1. The molecule has 0 bridgehead atoms. The molecule has 2 aromatic carbocycles. The maximum Gasteiger partial charge on any atom is 0.338 e. The molecule has 2 heterocycles. The molecule has 0 fully saturated rings. The van der Waals surface area contributed by atoms with Gasteiger partial charge < -0.3 is 18.9 Å². The van der Waals surface area contributed by atoms with Gasteiger partial charge >= 0.3 is 5.97 Å². The first-order valence-electron chi connectivity index (χ1n) is 12.2. The molecule has 194 valence electrons. The molecule has 0 spiro atoms. The molecular weight excluding hydrogens is 492 g/mol. The lowest BCUT2D eigenvalue weighted by Gasteiger charge is -2.26. The number of para-hydroxylation sites is 1. The quantitative estimate of drug-likeness (QED) is 0.399. The van der Waals surface area contributed by atoms with Crippen molar-refractivity contribution >= 4 is 23.4 Å². The summed E-state index contributed by atoms with van der Waals surface area (Å²) in [6.07, 6.45) is 1.81. The second-order valence-corrected chi connectivity index (χ2v) is 9.13. The summed E-state index contributed by atoms with van der Waals surface area (Å²) < 4.78 is 24.5. The Kier molecular flexibility index (Phi) is 8.13. The molecule has 0 radical (unpaired) electrons. The van der Waals surface area contributed by atoms with Crippen LogP contribution < -0.4 is 29.1 Å². The molecule has 0 amide bonds. The Morgan fingerprint density at radius 1 is 1.08 bits per heavy atom. The number of hydrogen-bond acceptors (Lipinski definition) is 8. The monoisotopic (exact) mass is 522 g/mol. The van der Waals surface area contributed by atoms with Crippen molar-refractivity contribution in [2.75, 3.05) is 26.9 Å². The second kappa shape index (κ2) is 11.5. The first-order valence-corrected chi connectivity index (χ1v) is 13.0. The van der Waals surface area contributed by atoms with Crippen LogP contribution in [0.4, 0.5) is 0 Å². The highest BCUT2D eigenvalue weighted by Gasteiger charge is 2.35. The number of allylic oxidation sites excluding steroid dienone is 1. The van der Waals surface area contributed by atoms with Crippen LogP contribution in [0.25, 0.3) is 6.08 Å². The Morgan fingerprint density at radius 2 is 1.84 bits per heavy atom. The van der Waals surface area contributed by atoms with Crippen molar-refractivity contribution in [3.63, 3.8) is 0 Å². The average molecular weight is 523 g/mol. The third-order valence-corrected chi connectivity index (χ3v) is 6.78. The van der Waals surface area contributed by atoms with Gasteiger partial charge in [0.05, 0.1) is 42.7 Å². The van der Waals surface area contributed by atoms with Crippen LogP contribution >= 0.6 is 11.3 Å². The zero-order valence-electron chi connectivity index (χ0n) is 21.6. The summed E-state index contributed by atoms with van der Waals surface area (Å²) in [6, 6.07) is 12.2. The van der Waals surface area contributed by atoms with Crippen LogP contribution in [0, 0.1) is 0 Å². The third kappa shape index (κ3) is 5.17. The molecule has 1 aliphatic heterocycles. The number of fused-ring (bicyclic) bond motifs is 1. The minimum Gasteiger partial charge on any atom is -0.494 e. The molecule has 9 heteroatoms. The van der Waals surface area contributed by atoms with Crippen LogP contribution in [-0.4, -0.2) is 37.5 Å². The number of carbonyl (C=O) groups excluding carboxylic acids is 1. The summed E-state index contributed by atoms with van der Waals surface area (Å²) in [4.78, 5) is 32.2. The summed E-state index contributed by atoms with van der Waals surface area (Å²) in [7, 11) is 1.55. The number of rotatable bonds is 9. The molecule has 3 aromatic rings. The Labute approximate surface area is 219 Å². The van der Waals surface area contributed by atoms with Crippen molar-refractivity contribution < 1.29 is 23.7 Å². The molecule has 0 unspecified atom stereocenters. The summed E-state index contributed by atoms with van der Waals surface area (Å²) in [6.45, 7) is 8.40. The Hall–Kier alpha value is -3.85. The van der Waals surface area contributed by atoms with Crippen molar-refractivity contribution in [3.8, 4) is 17.2 Å². The first-order chi connectivity index (χ1) is 17.9. The highest BCUT2D eigenvalue weighted by Crippen LogP contribution is 2.40. The van der Waals surface area contributed by atoms with E-state index < -0.39 is 12.0 Å². The average Bonchev–Trinajstić information content (AvgIpc) is 3.18. The van der Waals surface area contributed by atoms with E-state index in [9.17, 15) is 9.59 Å². The predicted octanol–water partition coefficient (Wildman–Crippen LogP) is 3.60. The fourth-order valence-corrected chi connectivity index (χ4v) is 5.35. The Morgan fingerprint density at radius 3 is 2.54 bits per heavy atom. The summed E-state index contributed by atoms with van der Waals surface area (Å²) in [5.74, 6) is 1.16. The number of nitrogens with zero attached hydrogens (tertiary/aromatic N) is 2. The van der Waals surface area contributed by atoms with Crippen LogP contribution in [0.2, 0.25) is 0 Å². The third-order valence-electron chi connectivity index (χ3n) is 5.80. The molecule has 4 rings (SSSR count). The number of aromatic nitrogens is 1. The van der Waals surface area contributed by atoms with E-state index in [1.807, 2.05) is 56.3 Å². The first kappa shape index (κ1) is 26.2. The van der Waals surface area contributed by atoms with Gasteiger partial charge in [-0.25, -0.2) is 9.79 Å². The summed E-state index contributed by atoms with van der Waals surface area (Å²) >= 11 is 1.26. The lowest BCUT2D eigenvalue weighted by molar-refractivity contribution is -0.139. The topological polar surface area (TPSA) is 88.4 Å². The van der Waals surface area contributed by atoms with E-state index in [2.05, 4.69) is 4.99 Å². The number of esters is 1. The number of carbonyl (C=O) groups is 1. The normalized spacial score (nSPS) is 15.2. The van der Waals surface area contributed by atoms with Gasteiger partial charge in [-0.1, -0.05) is 35.6 Å². The van der Waals surface area contributed by atoms with E-state index >= 15 is 0 Å². The maximum atomic E-state index is 13.9. The molecular formula is C28H30N2O6S. The van der Waals surface area contributed by atoms with E-state index in [1.165, 1.54) is 11.3 Å². The van der Waals surface area contributed by atoms with Crippen LogP contribution in [0.1, 0.15) is 44.9 Å². The zero-order chi connectivity index (χ0) is 26.5. The fraction of sp³-hybridized carbons (Fsp3) is 0.321. The van der Waals surface area contributed by atoms with Gasteiger partial charge in [0.25, 0.3) is 5.56 Å². The zero-order valence-corrected chi connectivity index (χ0v) is 22.4. The molecule has 0 aliphatic carbocycles. The Balaban J connectivity index is 1.98. The number of ether oxygens (including phenoxy) is 4. The number of benzene rings is 2. The van der Waals surface area contributed by atoms with Gasteiger partial charge in [0.1, 0.15) is 11.8 Å². The summed E-state index contributed by atoms with van der Waals surface area (Å²) in [5.41, 5.74) is 1.94. The molecule has 0 saturated carbocycles. The molecule has 1 aliphatic rings.